The molecule has 1 aliphatic rings. The predicted octanol–water partition coefficient (Wildman–Crippen LogP) is 8.98. The van der Waals surface area contributed by atoms with Gasteiger partial charge in [0.15, 0.2) is 5.82 Å². The van der Waals surface area contributed by atoms with E-state index in [9.17, 15) is 32.3 Å². The normalized spacial score (nSPS) is 14.7. The Labute approximate surface area is 321 Å². The molecule has 0 spiro atoms. The fourth-order valence-electron chi connectivity index (χ4n) is 5.95. The molecule has 0 saturated carbocycles. The molecule has 1 heterocycles. The van der Waals surface area contributed by atoms with Crippen LogP contribution < -0.4 is 14.5 Å². The molecular formula is C40H55F4N3O8. The summed E-state index contributed by atoms with van der Waals surface area (Å²) in [5.41, 5.74) is -3.83. The largest absolute Gasteiger partial charge is 0.487 e. The summed E-state index contributed by atoms with van der Waals surface area (Å²) in [4.78, 5) is 56.2. The van der Waals surface area contributed by atoms with Crippen LogP contribution in [0.2, 0.25) is 0 Å². The number of rotatable bonds is 12. The van der Waals surface area contributed by atoms with Gasteiger partial charge in [-0.2, -0.15) is 13.2 Å². The first-order valence-electron chi connectivity index (χ1n) is 18.4. The molecule has 2 aromatic rings. The van der Waals surface area contributed by atoms with E-state index in [1.807, 2.05) is 13.8 Å². The van der Waals surface area contributed by atoms with Crippen molar-refractivity contribution in [3.05, 3.63) is 53.3 Å². The van der Waals surface area contributed by atoms with Crippen LogP contribution in [-0.2, 0) is 36.8 Å². The Bertz CT molecular complexity index is 1680. The third kappa shape index (κ3) is 12.7. The van der Waals surface area contributed by atoms with E-state index in [1.54, 1.807) is 71.9 Å². The number of hydrogen-bond donors (Lipinski definition) is 0. The van der Waals surface area contributed by atoms with Crippen molar-refractivity contribution in [1.82, 2.24) is 4.90 Å². The first-order valence-corrected chi connectivity index (χ1v) is 18.4. The van der Waals surface area contributed by atoms with Gasteiger partial charge in [0.05, 0.1) is 11.7 Å². The number of carbonyl (C=O) groups is 4. The summed E-state index contributed by atoms with van der Waals surface area (Å²) in [7, 11) is 0. The van der Waals surface area contributed by atoms with E-state index >= 15 is 4.39 Å². The maximum atomic E-state index is 17.3. The van der Waals surface area contributed by atoms with Gasteiger partial charge in [-0.3, -0.25) is 19.4 Å². The Morgan fingerprint density at radius 2 is 1.42 bits per heavy atom. The minimum atomic E-state index is -5.54. The Hall–Kier alpha value is -4.56. The average Bonchev–Trinajstić information content (AvgIpc) is 3.40. The number of esters is 1. The molecule has 11 nitrogen and oxygen atoms in total. The standard InChI is InChI=1S/C40H55F4N3O8/c1-12-25(13-2)21-45(35(50)54-38(6,7)8)22-27-19-28-29(47(27)36(51)55-39(9,10)11)20-30(52-24-26-17-15-14-16-18-26)33(32(28)41)46(34(49)40(42,43)44)23-31(48)53-37(3,4)5/h14-18,20,25,27H,12-13,19,21-24H2,1-11H3/t27-/m1/s1. The average molecular weight is 782 g/mol. The molecule has 55 heavy (non-hydrogen) atoms. The number of carbonyl (C=O) groups excluding carboxylic acids is 4. The summed E-state index contributed by atoms with van der Waals surface area (Å²) in [6, 6.07) is 8.60. The van der Waals surface area contributed by atoms with Crippen molar-refractivity contribution in [2.45, 2.75) is 131 Å². The van der Waals surface area contributed by atoms with Crippen molar-refractivity contribution in [3.63, 3.8) is 0 Å². The van der Waals surface area contributed by atoms with Gasteiger partial charge in [-0.15, -0.1) is 0 Å². The van der Waals surface area contributed by atoms with Gasteiger partial charge in [-0.1, -0.05) is 57.0 Å². The molecule has 0 N–H and O–H groups in total. The van der Waals surface area contributed by atoms with E-state index in [1.165, 1.54) is 25.7 Å². The van der Waals surface area contributed by atoms with Gasteiger partial charge in [0.1, 0.15) is 41.4 Å². The number of hydrogen-bond acceptors (Lipinski definition) is 8. The second-order valence-corrected chi connectivity index (χ2v) is 16.6. The lowest BCUT2D eigenvalue weighted by Gasteiger charge is -2.35. The maximum absolute atomic E-state index is 17.3. The fourth-order valence-corrected chi connectivity index (χ4v) is 5.95. The highest BCUT2D eigenvalue weighted by atomic mass is 19.4. The number of anilines is 2. The Morgan fingerprint density at radius 1 is 0.855 bits per heavy atom. The van der Waals surface area contributed by atoms with E-state index in [0.29, 0.717) is 5.56 Å². The third-order valence-electron chi connectivity index (χ3n) is 8.36. The SMILES string of the molecule is CCC(CC)CN(C[C@H]1Cc2c(cc(OCc3ccccc3)c(N(CC(=O)OC(C)(C)C)C(=O)C(F)(F)F)c2F)N1C(=O)OC(C)(C)C)C(=O)OC(C)(C)C. The number of benzene rings is 2. The molecular weight excluding hydrogens is 726 g/mol. The van der Waals surface area contributed by atoms with Gasteiger partial charge >= 0.3 is 30.2 Å². The molecule has 0 radical (unpaired) electrons. The minimum absolute atomic E-state index is 0.0439. The lowest BCUT2D eigenvalue weighted by molar-refractivity contribution is -0.171. The Morgan fingerprint density at radius 3 is 1.93 bits per heavy atom. The van der Waals surface area contributed by atoms with Crippen molar-refractivity contribution in [2.75, 3.05) is 29.4 Å². The molecule has 0 aliphatic carbocycles. The molecule has 1 atom stereocenters. The van der Waals surface area contributed by atoms with E-state index in [4.69, 9.17) is 18.9 Å². The quantitative estimate of drug-likeness (QED) is 0.119. The second kappa shape index (κ2) is 17.5. The Kier molecular flexibility index (Phi) is 14.3. The first-order chi connectivity index (χ1) is 25.2. The zero-order valence-corrected chi connectivity index (χ0v) is 33.7. The summed E-state index contributed by atoms with van der Waals surface area (Å²) in [6.07, 6.45) is -6.00. The molecule has 3 rings (SSSR count). The second-order valence-electron chi connectivity index (χ2n) is 16.6. The third-order valence-corrected chi connectivity index (χ3v) is 8.36. The van der Waals surface area contributed by atoms with Crippen LogP contribution in [-0.4, -0.2) is 77.6 Å². The lowest BCUT2D eigenvalue weighted by Crippen LogP contribution is -2.50. The number of fused-ring (bicyclic) bond motifs is 1. The van der Waals surface area contributed by atoms with E-state index in [-0.39, 0.29) is 48.2 Å². The highest BCUT2D eigenvalue weighted by Gasteiger charge is 2.48. The molecule has 0 aromatic heterocycles. The predicted molar refractivity (Wildman–Crippen MR) is 200 cm³/mol. The van der Waals surface area contributed by atoms with Crippen molar-refractivity contribution in [3.8, 4) is 5.75 Å². The molecule has 2 aromatic carbocycles. The van der Waals surface area contributed by atoms with Crippen molar-refractivity contribution in [1.29, 1.82) is 0 Å². The van der Waals surface area contributed by atoms with Crippen molar-refractivity contribution in [2.24, 2.45) is 5.92 Å². The Balaban J connectivity index is 2.31. The molecule has 1 aliphatic heterocycles. The maximum Gasteiger partial charge on any atom is 0.471 e. The van der Waals surface area contributed by atoms with Gasteiger partial charge in [-0.25, -0.2) is 14.0 Å². The van der Waals surface area contributed by atoms with Crippen LogP contribution in [0.5, 0.6) is 5.75 Å². The van der Waals surface area contributed by atoms with Crippen molar-refractivity contribution >= 4 is 35.4 Å². The van der Waals surface area contributed by atoms with E-state index in [2.05, 4.69) is 0 Å². The molecule has 0 bridgehead atoms. The number of alkyl halides is 3. The molecule has 0 saturated heterocycles. The molecule has 306 valence electrons. The zero-order chi connectivity index (χ0) is 41.7. The lowest BCUT2D eigenvalue weighted by atomic mass is 10.0. The highest BCUT2D eigenvalue weighted by Crippen LogP contribution is 2.46. The summed E-state index contributed by atoms with van der Waals surface area (Å²) in [5, 5.41) is 0. The number of halogens is 4. The van der Waals surface area contributed by atoms with Gasteiger partial charge in [0, 0.05) is 31.1 Å². The van der Waals surface area contributed by atoms with E-state index < -0.39 is 76.9 Å². The fraction of sp³-hybridized carbons (Fsp3) is 0.600. The van der Waals surface area contributed by atoms with Crippen LogP contribution in [0, 0.1) is 11.7 Å². The van der Waals surface area contributed by atoms with Crippen LogP contribution in [0.1, 0.15) is 100 Å². The number of amides is 3. The van der Waals surface area contributed by atoms with Crippen LogP contribution >= 0.6 is 0 Å². The highest BCUT2D eigenvalue weighted by molar-refractivity contribution is 6.03. The van der Waals surface area contributed by atoms with E-state index in [0.717, 1.165) is 23.8 Å². The molecule has 0 fully saturated rings. The van der Waals surface area contributed by atoms with Gasteiger partial charge in [0.2, 0.25) is 0 Å². The summed E-state index contributed by atoms with van der Waals surface area (Å²) >= 11 is 0. The summed E-state index contributed by atoms with van der Waals surface area (Å²) in [5.74, 6) is -5.62. The molecule has 3 amide bonds. The number of ether oxygens (including phenoxy) is 4. The summed E-state index contributed by atoms with van der Waals surface area (Å²) in [6.45, 7) is 16.9. The van der Waals surface area contributed by atoms with Gasteiger partial charge in [-0.05, 0) is 73.8 Å². The first kappa shape index (κ1) is 44.8. The van der Waals surface area contributed by atoms with Crippen LogP contribution in [0.4, 0.5) is 38.5 Å². The molecule has 0 unspecified atom stereocenters. The minimum Gasteiger partial charge on any atom is -0.487 e. The number of nitrogens with zero attached hydrogens (tertiary/aromatic N) is 3. The van der Waals surface area contributed by atoms with Crippen LogP contribution in [0.25, 0.3) is 0 Å². The topological polar surface area (TPSA) is 115 Å². The summed E-state index contributed by atoms with van der Waals surface area (Å²) < 4.78 is 82.6. The van der Waals surface area contributed by atoms with Crippen LogP contribution in [0.3, 0.4) is 0 Å². The van der Waals surface area contributed by atoms with Crippen molar-refractivity contribution < 1.29 is 55.7 Å². The zero-order valence-electron chi connectivity index (χ0n) is 33.7. The van der Waals surface area contributed by atoms with Gasteiger partial charge in [0.25, 0.3) is 0 Å². The van der Waals surface area contributed by atoms with Gasteiger partial charge < -0.3 is 23.8 Å². The smallest absolute Gasteiger partial charge is 0.471 e. The monoisotopic (exact) mass is 781 g/mol. The molecule has 15 heteroatoms. The van der Waals surface area contributed by atoms with Crippen LogP contribution in [0.15, 0.2) is 36.4 Å².